The predicted molar refractivity (Wildman–Crippen MR) is 85.5 cm³/mol. The summed E-state index contributed by atoms with van der Waals surface area (Å²) in [5, 5.41) is 0. The summed E-state index contributed by atoms with van der Waals surface area (Å²) in [6.07, 6.45) is -1.64. The lowest BCUT2D eigenvalue weighted by atomic mass is 9.85. The van der Waals surface area contributed by atoms with Gasteiger partial charge in [0.2, 0.25) is 6.43 Å². The van der Waals surface area contributed by atoms with Gasteiger partial charge in [-0.2, -0.15) is 0 Å². The fourth-order valence-electron chi connectivity index (χ4n) is 3.03. The van der Waals surface area contributed by atoms with Crippen molar-refractivity contribution in [1.29, 1.82) is 0 Å². The van der Waals surface area contributed by atoms with Crippen LogP contribution in [0, 0.1) is 5.92 Å². The molecular formula is C18H25F2NO2. The summed E-state index contributed by atoms with van der Waals surface area (Å²) in [6.45, 7) is 5.93. The number of amides is 1. The molecule has 1 aliphatic rings. The Morgan fingerprint density at radius 1 is 1.30 bits per heavy atom. The highest BCUT2D eigenvalue weighted by Crippen LogP contribution is 2.37. The third-order valence-corrected chi connectivity index (χ3v) is 4.03. The number of halogens is 2. The van der Waals surface area contributed by atoms with E-state index in [0.717, 1.165) is 5.56 Å². The van der Waals surface area contributed by atoms with Gasteiger partial charge in [-0.15, -0.1) is 0 Å². The molecule has 1 heterocycles. The largest absolute Gasteiger partial charge is 0.444 e. The van der Waals surface area contributed by atoms with E-state index in [-0.39, 0.29) is 24.5 Å². The normalized spacial score (nSPS) is 22.3. The van der Waals surface area contributed by atoms with E-state index >= 15 is 0 Å². The molecule has 0 bridgehead atoms. The summed E-state index contributed by atoms with van der Waals surface area (Å²) in [6, 6.07) is 9.38. The van der Waals surface area contributed by atoms with Crippen molar-refractivity contribution in [3.63, 3.8) is 0 Å². The van der Waals surface area contributed by atoms with E-state index < -0.39 is 12.0 Å². The van der Waals surface area contributed by atoms with Gasteiger partial charge in [-0.05, 0) is 45.1 Å². The molecule has 0 radical (unpaired) electrons. The quantitative estimate of drug-likeness (QED) is 0.780. The van der Waals surface area contributed by atoms with E-state index in [1.807, 2.05) is 51.1 Å². The first-order valence-corrected chi connectivity index (χ1v) is 8.09. The molecule has 1 aromatic carbocycles. The highest BCUT2D eigenvalue weighted by atomic mass is 19.3. The van der Waals surface area contributed by atoms with Crippen molar-refractivity contribution >= 4 is 6.09 Å². The number of rotatable bonds is 3. The number of alkyl halides is 2. The second-order valence-corrected chi connectivity index (χ2v) is 7.12. The highest BCUT2D eigenvalue weighted by molar-refractivity contribution is 5.69. The van der Waals surface area contributed by atoms with Crippen LogP contribution in [-0.2, 0) is 4.74 Å². The Kier molecular flexibility index (Phi) is 5.60. The Balaban J connectivity index is 2.18. The fourth-order valence-corrected chi connectivity index (χ4v) is 3.03. The maximum absolute atomic E-state index is 12.7. The van der Waals surface area contributed by atoms with Gasteiger partial charge in [-0.1, -0.05) is 30.3 Å². The van der Waals surface area contributed by atoms with Gasteiger partial charge in [0, 0.05) is 13.0 Å². The number of ether oxygens (including phenoxy) is 1. The SMILES string of the molecule is CC(C)(C)OC(=O)N1CCC(CC(F)F)CC1c1ccccc1. The van der Waals surface area contributed by atoms with E-state index in [1.165, 1.54) is 0 Å². The molecule has 128 valence electrons. The van der Waals surface area contributed by atoms with E-state index in [4.69, 9.17) is 4.74 Å². The smallest absolute Gasteiger partial charge is 0.410 e. The Morgan fingerprint density at radius 3 is 2.52 bits per heavy atom. The van der Waals surface area contributed by atoms with Gasteiger partial charge in [0.1, 0.15) is 5.60 Å². The molecule has 23 heavy (non-hydrogen) atoms. The summed E-state index contributed by atoms with van der Waals surface area (Å²) in [5.74, 6) is -0.0705. The third-order valence-electron chi connectivity index (χ3n) is 4.03. The zero-order chi connectivity index (χ0) is 17.0. The van der Waals surface area contributed by atoms with Gasteiger partial charge in [0.25, 0.3) is 0 Å². The van der Waals surface area contributed by atoms with Crippen molar-refractivity contribution in [2.24, 2.45) is 5.92 Å². The minimum Gasteiger partial charge on any atom is -0.444 e. The number of hydrogen-bond acceptors (Lipinski definition) is 2. The van der Waals surface area contributed by atoms with Crippen molar-refractivity contribution in [2.45, 2.75) is 58.1 Å². The van der Waals surface area contributed by atoms with E-state index in [2.05, 4.69) is 0 Å². The number of carbonyl (C=O) groups excluding carboxylic acids is 1. The van der Waals surface area contributed by atoms with Crippen LogP contribution in [0.5, 0.6) is 0 Å². The molecule has 2 atom stereocenters. The summed E-state index contributed by atoms with van der Waals surface area (Å²) in [5.41, 5.74) is 0.398. The summed E-state index contributed by atoms with van der Waals surface area (Å²) < 4.78 is 30.9. The predicted octanol–water partition coefficient (Wildman–Crippen LogP) is 5.03. The fraction of sp³-hybridized carbons (Fsp3) is 0.611. The van der Waals surface area contributed by atoms with Gasteiger partial charge in [0.05, 0.1) is 6.04 Å². The number of likely N-dealkylation sites (tertiary alicyclic amines) is 1. The van der Waals surface area contributed by atoms with Gasteiger partial charge in [-0.25, -0.2) is 13.6 Å². The lowest BCUT2D eigenvalue weighted by Gasteiger charge is -2.40. The number of benzene rings is 1. The molecule has 1 aromatic rings. The molecule has 3 nitrogen and oxygen atoms in total. The maximum Gasteiger partial charge on any atom is 0.410 e. The first-order valence-electron chi connectivity index (χ1n) is 8.09. The molecule has 0 aliphatic carbocycles. The zero-order valence-corrected chi connectivity index (χ0v) is 14.0. The van der Waals surface area contributed by atoms with Gasteiger partial charge in [-0.3, -0.25) is 0 Å². The highest BCUT2D eigenvalue weighted by Gasteiger charge is 2.35. The molecule has 0 saturated carbocycles. The Morgan fingerprint density at radius 2 is 1.96 bits per heavy atom. The van der Waals surface area contributed by atoms with Crippen molar-refractivity contribution in [3.8, 4) is 0 Å². The molecule has 5 heteroatoms. The van der Waals surface area contributed by atoms with Crippen LogP contribution < -0.4 is 0 Å². The van der Waals surface area contributed by atoms with Crippen LogP contribution in [0.3, 0.4) is 0 Å². The molecule has 2 rings (SSSR count). The van der Waals surface area contributed by atoms with Crippen LogP contribution in [-0.4, -0.2) is 29.6 Å². The number of piperidine rings is 1. The third kappa shape index (κ3) is 5.19. The molecule has 1 fully saturated rings. The van der Waals surface area contributed by atoms with E-state index in [1.54, 1.807) is 4.90 Å². The Bertz CT molecular complexity index is 514. The summed E-state index contributed by atoms with van der Waals surface area (Å²) in [7, 11) is 0. The van der Waals surface area contributed by atoms with Crippen LogP contribution in [0.25, 0.3) is 0 Å². The average molecular weight is 325 g/mol. The second kappa shape index (κ2) is 7.28. The number of carbonyl (C=O) groups is 1. The number of hydrogen-bond donors (Lipinski definition) is 0. The molecule has 1 saturated heterocycles. The molecule has 0 N–H and O–H groups in total. The van der Waals surface area contributed by atoms with E-state index in [9.17, 15) is 13.6 Å². The monoisotopic (exact) mass is 325 g/mol. The standard InChI is InChI=1S/C18H25F2NO2/c1-18(2,3)23-17(22)21-10-9-13(12-16(19)20)11-15(21)14-7-5-4-6-8-14/h4-8,13,15-16H,9-12H2,1-3H3. The Hall–Kier alpha value is -1.65. The molecule has 2 unspecified atom stereocenters. The van der Waals surface area contributed by atoms with Crippen LogP contribution in [0.2, 0.25) is 0 Å². The van der Waals surface area contributed by atoms with Crippen molar-refractivity contribution in [3.05, 3.63) is 35.9 Å². The Labute approximate surface area is 136 Å². The summed E-state index contributed by atoms with van der Waals surface area (Å²) in [4.78, 5) is 14.2. The first-order chi connectivity index (χ1) is 10.8. The molecule has 0 aromatic heterocycles. The van der Waals surface area contributed by atoms with Crippen LogP contribution in [0.1, 0.15) is 51.6 Å². The zero-order valence-electron chi connectivity index (χ0n) is 14.0. The van der Waals surface area contributed by atoms with Crippen molar-refractivity contribution in [1.82, 2.24) is 4.90 Å². The molecule has 0 spiro atoms. The number of nitrogens with zero attached hydrogens (tertiary/aromatic N) is 1. The van der Waals surface area contributed by atoms with Crippen LogP contribution in [0.4, 0.5) is 13.6 Å². The molecular weight excluding hydrogens is 300 g/mol. The first kappa shape index (κ1) is 17.7. The van der Waals surface area contributed by atoms with E-state index in [0.29, 0.717) is 19.4 Å². The lowest BCUT2D eigenvalue weighted by molar-refractivity contribution is -0.000551. The maximum atomic E-state index is 12.7. The van der Waals surface area contributed by atoms with Crippen LogP contribution >= 0.6 is 0 Å². The van der Waals surface area contributed by atoms with Gasteiger partial charge in [0.15, 0.2) is 0 Å². The van der Waals surface area contributed by atoms with Gasteiger partial charge >= 0.3 is 6.09 Å². The minimum absolute atomic E-state index is 0.0705. The molecule has 1 aliphatic heterocycles. The second-order valence-electron chi connectivity index (χ2n) is 7.12. The average Bonchev–Trinajstić information content (AvgIpc) is 2.45. The topological polar surface area (TPSA) is 29.5 Å². The van der Waals surface area contributed by atoms with Crippen LogP contribution in [0.15, 0.2) is 30.3 Å². The van der Waals surface area contributed by atoms with Crippen molar-refractivity contribution in [2.75, 3.05) is 6.54 Å². The summed E-state index contributed by atoms with van der Waals surface area (Å²) >= 11 is 0. The molecule has 1 amide bonds. The lowest BCUT2D eigenvalue weighted by Crippen LogP contribution is -2.44. The van der Waals surface area contributed by atoms with Gasteiger partial charge < -0.3 is 9.64 Å². The van der Waals surface area contributed by atoms with Crippen molar-refractivity contribution < 1.29 is 18.3 Å². The minimum atomic E-state index is -2.30.